The Labute approximate surface area is 103 Å². The summed E-state index contributed by atoms with van der Waals surface area (Å²) in [6, 6.07) is 0. The largest absolute Gasteiger partial charge is 0.393 e. The molecule has 0 bridgehead atoms. The van der Waals surface area contributed by atoms with Gasteiger partial charge in [0, 0.05) is 19.0 Å². The predicted octanol–water partition coefficient (Wildman–Crippen LogP) is 1.15. The van der Waals surface area contributed by atoms with Crippen molar-refractivity contribution in [3.05, 3.63) is 0 Å². The molecule has 3 N–H and O–H groups in total. The summed E-state index contributed by atoms with van der Waals surface area (Å²) in [7, 11) is 0. The molecule has 2 aliphatic rings. The number of hydrogen-bond acceptors (Lipinski definition) is 3. The van der Waals surface area contributed by atoms with Gasteiger partial charge in [-0.2, -0.15) is 0 Å². The maximum atomic E-state index is 9.80. The van der Waals surface area contributed by atoms with Gasteiger partial charge in [0.2, 0.25) is 0 Å². The average molecular weight is 242 g/mol. The molecule has 4 heteroatoms. The first-order valence-corrected chi connectivity index (χ1v) is 6.76. The van der Waals surface area contributed by atoms with E-state index in [1.165, 1.54) is 19.4 Å². The molecule has 3 atom stereocenters. The molecule has 0 aromatic carbocycles. The van der Waals surface area contributed by atoms with Crippen molar-refractivity contribution < 1.29 is 5.11 Å². The summed E-state index contributed by atoms with van der Waals surface area (Å²) < 4.78 is 0. The molecule has 3 unspecified atom stereocenters. The quantitative estimate of drug-likeness (QED) is 0.561. The van der Waals surface area contributed by atoms with E-state index in [0.29, 0.717) is 10.9 Å². The van der Waals surface area contributed by atoms with E-state index < -0.39 is 0 Å². The number of aliphatic hydroxyl groups is 1. The van der Waals surface area contributed by atoms with Crippen molar-refractivity contribution in [2.24, 2.45) is 17.6 Å². The maximum absolute atomic E-state index is 9.80. The van der Waals surface area contributed by atoms with Crippen molar-refractivity contribution in [1.29, 1.82) is 0 Å². The second-order valence-electron chi connectivity index (χ2n) is 5.25. The van der Waals surface area contributed by atoms with Crippen molar-refractivity contribution in [2.75, 3.05) is 19.6 Å². The van der Waals surface area contributed by atoms with Crippen LogP contribution in [0.1, 0.15) is 32.1 Å². The summed E-state index contributed by atoms with van der Waals surface area (Å²) in [5.74, 6) is 1.31. The lowest BCUT2D eigenvalue weighted by atomic mass is 10.00. The fourth-order valence-electron chi connectivity index (χ4n) is 3.15. The Hall–Kier alpha value is -0.190. The van der Waals surface area contributed by atoms with Crippen LogP contribution in [-0.4, -0.2) is 40.7 Å². The first-order valence-electron chi connectivity index (χ1n) is 6.35. The monoisotopic (exact) mass is 242 g/mol. The van der Waals surface area contributed by atoms with Gasteiger partial charge in [0.05, 0.1) is 11.1 Å². The second kappa shape index (κ2) is 5.43. The smallest absolute Gasteiger partial charge is 0.0727 e. The minimum atomic E-state index is -0.0355. The molecule has 16 heavy (non-hydrogen) atoms. The molecule has 1 saturated carbocycles. The Morgan fingerprint density at radius 2 is 2.12 bits per heavy atom. The first kappa shape index (κ1) is 12.3. The molecule has 92 valence electrons. The van der Waals surface area contributed by atoms with Crippen LogP contribution in [0.3, 0.4) is 0 Å². The van der Waals surface area contributed by atoms with Gasteiger partial charge in [0.25, 0.3) is 0 Å². The van der Waals surface area contributed by atoms with Crippen molar-refractivity contribution in [1.82, 2.24) is 4.90 Å². The third kappa shape index (κ3) is 2.93. The Morgan fingerprint density at radius 3 is 2.81 bits per heavy atom. The molecule has 0 radical (unpaired) electrons. The molecule has 2 rings (SSSR count). The third-order valence-electron chi connectivity index (χ3n) is 4.04. The van der Waals surface area contributed by atoms with E-state index in [0.717, 1.165) is 38.3 Å². The van der Waals surface area contributed by atoms with Gasteiger partial charge in [0.1, 0.15) is 0 Å². The van der Waals surface area contributed by atoms with Crippen LogP contribution in [0, 0.1) is 11.8 Å². The van der Waals surface area contributed by atoms with Crippen molar-refractivity contribution in [2.45, 2.75) is 38.2 Å². The number of thiocarbonyl (C=S) groups is 1. The fraction of sp³-hybridized carbons (Fsp3) is 0.917. The highest BCUT2D eigenvalue weighted by Crippen LogP contribution is 2.37. The van der Waals surface area contributed by atoms with Gasteiger partial charge in [-0.15, -0.1) is 0 Å². The first-order chi connectivity index (χ1) is 7.66. The molecule has 0 aromatic rings. The van der Waals surface area contributed by atoms with Gasteiger partial charge in [-0.25, -0.2) is 0 Å². The molecule has 0 amide bonds. The van der Waals surface area contributed by atoms with E-state index >= 15 is 0 Å². The number of aliphatic hydroxyl groups excluding tert-OH is 1. The van der Waals surface area contributed by atoms with Crippen LogP contribution in [0.2, 0.25) is 0 Å². The lowest BCUT2D eigenvalue weighted by molar-refractivity contribution is 0.124. The number of rotatable bonds is 5. The lowest BCUT2D eigenvalue weighted by Gasteiger charge is -2.17. The van der Waals surface area contributed by atoms with Crippen molar-refractivity contribution >= 4 is 17.2 Å². The summed E-state index contributed by atoms with van der Waals surface area (Å²) in [5, 5.41) is 9.80. The molecule has 1 aliphatic heterocycles. The SMILES string of the molecule is NC(=S)CCCCN1CC2CCC(O)C2C1. The van der Waals surface area contributed by atoms with Crippen molar-refractivity contribution in [3.8, 4) is 0 Å². The summed E-state index contributed by atoms with van der Waals surface area (Å²) in [6.07, 6.45) is 5.35. The van der Waals surface area contributed by atoms with Crippen LogP contribution in [0.25, 0.3) is 0 Å². The highest BCUT2D eigenvalue weighted by molar-refractivity contribution is 7.80. The Bertz CT molecular complexity index is 259. The van der Waals surface area contributed by atoms with Gasteiger partial charge in [-0.3, -0.25) is 0 Å². The van der Waals surface area contributed by atoms with E-state index in [1.807, 2.05) is 0 Å². The fourth-order valence-corrected chi connectivity index (χ4v) is 3.29. The van der Waals surface area contributed by atoms with Gasteiger partial charge in [-0.1, -0.05) is 12.2 Å². The van der Waals surface area contributed by atoms with E-state index in [2.05, 4.69) is 4.90 Å². The van der Waals surface area contributed by atoms with Gasteiger partial charge in [-0.05, 0) is 44.6 Å². The van der Waals surface area contributed by atoms with Crippen molar-refractivity contribution in [3.63, 3.8) is 0 Å². The maximum Gasteiger partial charge on any atom is 0.0727 e. The Morgan fingerprint density at radius 1 is 1.31 bits per heavy atom. The van der Waals surface area contributed by atoms with Gasteiger partial charge >= 0.3 is 0 Å². The number of hydrogen-bond donors (Lipinski definition) is 2. The van der Waals surface area contributed by atoms with Crippen LogP contribution in [0.5, 0.6) is 0 Å². The second-order valence-corrected chi connectivity index (χ2v) is 5.78. The molecule has 0 spiro atoms. The molecule has 1 saturated heterocycles. The predicted molar refractivity (Wildman–Crippen MR) is 69.3 cm³/mol. The molecule has 3 nitrogen and oxygen atoms in total. The number of unbranched alkanes of at least 4 members (excludes halogenated alkanes) is 1. The Balaban J connectivity index is 1.64. The summed E-state index contributed by atoms with van der Waals surface area (Å²) in [5.41, 5.74) is 5.46. The highest BCUT2D eigenvalue weighted by Gasteiger charge is 2.41. The van der Waals surface area contributed by atoms with Gasteiger partial charge < -0.3 is 15.7 Å². The van der Waals surface area contributed by atoms with E-state index in [9.17, 15) is 5.11 Å². The number of likely N-dealkylation sites (tertiary alicyclic amines) is 1. The molecule has 1 aliphatic carbocycles. The molecular weight excluding hydrogens is 220 g/mol. The standard InChI is InChI=1S/C12H22N2OS/c13-12(16)3-1-2-6-14-7-9-4-5-11(15)10(9)8-14/h9-11,15H,1-8H2,(H2,13,16). The minimum absolute atomic E-state index is 0.0355. The van der Waals surface area contributed by atoms with E-state index in [4.69, 9.17) is 18.0 Å². The zero-order chi connectivity index (χ0) is 11.5. The summed E-state index contributed by atoms with van der Waals surface area (Å²) >= 11 is 4.86. The molecule has 0 aromatic heterocycles. The number of nitrogens with zero attached hydrogens (tertiary/aromatic N) is 1. The highest BCUT2D eigenvalue weighted by atomic mass is 32.1. The lowest BCUT2D eigenvalue weighted by Crippen LogP contribution is -2.25. The van der Waals surface area contributed by atoms with E-state index in [1.54, 1.807) is 0 Å². The zero-order valence-electron chi connectivity index (χ0n) is 9.77. The minimum Gasteiger partial charge on any atom is -0.393 e. The van der Waals surface area contributed by atoms with Gasteiger partial charge in [0.15, 0.2) is 0 Å². The zero-order valence-corrected chi connectivity index (χ0v) is 10.6. The number of fused-ring (bicyclic) bond motifs is 1. The normalized spacial score (nSPS) is 34.2. The molecular formula is C12H22N2OS. The number of nitrogens with two attached hydrogens (primary N) is 1. The molecule has 1 heterocycles. The summed E-state index contributed by atoms with van der Waals surface area (Å²) in [6.45, 7) is 3.43. The van der Waals surface area contributed by atoms with Crippen LogP contribution in [0.15, 0.2) is 0 Å². The topological polar surface area (TPSA) is 49.5 Å². The third-order valence-corrected chi connectivity index (χ3v) is 4.25. The average Bonchev–Trinajstić information content (AvgIpc) is 2.76. The Kier molecular flexibility index (Phi) is 4.16. The summed E-state index contributed by atoms with van der Waals surface area (Å²) in [4.78, 5) is 3.13. The molecule has 2 fully saturated rings. The van der Waals surface area contributed by atoms with Crippen LogP contribution < -0.4 is 5.73 Å². The van der Waals surface area contributed by atoms with Crippen LogP contribution in [-0.2, 0) is 0 Å². The van der Waals surface area contributed by atoms with Crippen LogP contribution in [0.4, 0.5) is 0 Å². The van der Waals surface area contributed by atoms with Crippen LogP contribution >= 0.6 is 12.2 Å². The van der Waals surface area contributed by atoms with E-state index in [-0.39, 0.29) is 6.10 Å².